The van der Waals surface area contributed by atoms with E-state index in [1.165, 1.54) is 0 Å². The van der Waals surface area contributed by atoms with Gasteiger partial charge in [-0.2, -0.15) is 0 Å². The lowest BCUT2D eigenvalue weighted by molar-refractivity contribution is -0.0599. The topological polar surface area (TPSA) is 131 Å². The molecule has 0 radical (unpaired) electrons. The fourth-order valence-corrected chi connectivity index (χ4v) is 2.54. The Morgan fingerprint density at radius 1 is 1.16 bits per heavy atom. The van der Waals surface area contributed by atoms with E-state index in [4.69, 9.17) is 9.47 Å². The molecule has 0 amide bonds. The van der Waals surface area contributed by atoms with Crippen LogP contribution in [-0.4, -0.2) is 50.7 Å². The van der Waals surface area contributed by atoms with Crippen LogP contribution in [0.15, 0.2) is 52.2 Å². The number of carbonyl (C=O) groups is 1. The SMILES string of the molecule is O=C(OCC1OC(n2ccc(=O)[nH]c2=O)C(O)C1O)c1ccccc1. The number of aliphatic hydroxyl groups is 2. The molecule has 25 heavy (non-hydrogen) atoms. The maximum atomic E-state index is 11.9. The van der Waals surface area contributed by atoms with Crippen molar-refractivity contribution in [2.45, 2.75) is 24.5 Å². The lowest BCUT2D eigenvalue weighted by atomic mass is 10.1. The van der Waals surface area contributed by atoms with Gasteiger partial charge in [0.05, 0.1) is 5.56 Å². The Bertz CT molecular complexity index is 861. The first-order valence-electron chi connectivity index (χ1n) is 7.52. The molecule has 1 saturated heterocycles. The van der Waals surface area contributed by atoms with Gasteiger partial charge in [0.25, 0.3) is 5.56 Å². The summed E-state index contributed by atoms with van der Waals surface area (Å²) in [6.45, 7) is -0.305. The van der Waals surface area contributed by atoms with Crippen LogP contribution in [0.25, 0.3) is 0 Å². The maximum Gasteiger partial charge on any atom is 0.338 e. The molecule has 1 aromatic carbocycles. The van der Waals surface area contributed by atoms with Gasteiger partial charge in [-0.3, -0.25) is 14.3 Å². The van der Waals surface area contributed by atoms with E-state index in [1.807, 2.05) is 4.98 Å². The molecule has 2 heterocycles. The molecular formula is C16H16N2O7. The smallest absolute Gasteiger partial charge is 0.338 e. The van der Waals surface area contributed by atoms with Gasteiger partial charge >= 0.3 is 11.7 Å². The third kappa shape index (κ3) is 3.53. The predicted octanol–water partition coefficient (Wildman–Crippen LogP) is -0.987. The maximum absolute atomic E-state index is 11.9. The molecule has 0 spiro atoms. The highest BCUT2D eigenvalue weighted by Gasteiger charge is 2.44. The fourth-order valence-electron chi connectivity index (χ4n) is 2.54. The third-order valence-electron chi connectivity index (χ3n) is 3.85. The first-order valence-corrected chi connectivity index (χ1v) is 7.52. The van der Waals surface area contributed by atoms with Gasteiger partial charge in [0.1, 0.15) is 24.9 Å². The second kappa shape index (κ2) is 7.01. The second-order valence-corrected chi connectivity index (χ2v) is 5.53. The standard InChI is InChI=1S/C16H16N2O7/c19-11-6-7-18(16(23)17-11)14-13(21)12(20)10(25-14)8-24-15(22)9-4-2-1-3-5-9/h1-7,10,12-14,20-21H,8H2,(H,17,19,23). The van der Waals surface area contributed by atoms with Crippen molar-refractivity contribution in [2.24, 2.45) is 0 Å². The number of esters is 1. The van der Waals surface area contributed by atoms with Crippen molar-refractivity contribution in [2.75, 3.05) is 6.61 Å². The molecule has 0 bridgehead atoms. The van der Waals surface area contributed by atoms with Crippen LogP contribution in [-0.2, 0) is 9.47 Å². The quantitative estimate of drug-likeness (QED) is 0.605. The molecule has 3 N–H and O–H groups in total. The highest BCUT2D eigenvalue weighted by molar-refractivity contribution is 5.89. The first-order chi connectivity index (χ1) is 12.0. The van der Waals surface area contributed by atoms with Crippen molar-refractivity contribution in [3.63, 3.8) is 0 Å². The van der Waals surface area contributed by atoms with Crippen molar-refractivity contribution >= 4 is 5.97 Å². The average molecular weight is 348 g/mol. The van der Waals surface area contributed by atoms with Crippen LogP contribution in [0.2, 0.25) is 0 Å². The Morgan fingerprint density at radius 3 is 2.56 bits per heavy atom. The Balaban J connectivity index is 1.69. The van der Waals surface area contributed by atoms with Crippen molar-refractivity contribution in [1.29, 1.82) is 0 Å². The van der Waals surface area contributed by atoms with E-state index in [1.54, 1.807) is 30.3 Å². The molecule has 1 aliphatic rings. The Morgan fingerprint density at radius 2 is 1.88 bits per heavy atom. The number of ether oxygens (including phenoxy) is 2. The normalized spacial score (nSPS) is 25.7. The molecule has 132 valence electrons. The van der Waals surface area contributed by atoms with Crippen LogP contribution < -0.4 is 11.2 Å². The molecule has 9 nitrogen and oxygen atoms in total. The summed E-state index contributed by atoms with van der Waals surface area (Å²) in [5, 5.41) is 20.2. The summed E-state index contributed by atoms with van der Waals surface area (Å²) < 4.78 is 11.5. The summed E-state index contributed by atoms with van der Waals surface area (Å²) >= 11 is 0. The Labute approximate surface area is 141 Å². The molecule has 4 unspecified atom stereocenters. The number of aromatic amines is 1. The molecule has 0 aliphatic carbocycles. The van der Waals surface area contributed by atoms with E-state index in [0.717, 1.165) is 16.8 Å². The van der Waals surface area contributed by atoms with Gasteiger partial charge < -0.3 is 19.7 Å². The highest BCUT2D eigenvalue weighted by Crippen LogP contribution is 2.28. The highest BCUT2D eigenvalue weighted by atomic mass is 16.6. The number of H-pyrrole nitrogens is 1. The number of benzene rings is 1. The number of nitrogens with one attached hydrogen (secondary N) is 1. The third-order valence-corrected chi connectivity index (χ3v) is 3.85. The van der Waals surface area contributed by atoms with E-state index < -0.39 is 41.8 Å². The largest absolute Gasteiger partial charge is 0.459 e. The predicted molar refractivity (Wildman–Crippen MR) is 84.0 cm³/mol. The molecular weight excluding hydrogens is 332 g/mol. The van der Waals surface area contributed by atoms with Crippen LogP contribution in [0.4, 0.5) is 0 Å². The first kappa shape index (κ1) is 17.1. The Kier molecular flexibility index (Phi) is 4.79. The van der Waals surface area contributed by atoms with Gasteiger partial charge in [0.2, 0.25) is 0 Å². The van der Waals surface area contributed by atoms with Gasteiger partial charge in [-0.1, -0.05) is 18.2 Å². The summed E-state index contributed by atoms with van der Waals surface area (Å²) in [4.78, 5) is 36.8. The number of rotatable bonds is 4. The molecule has 0 saturated carbocycles. The number of aromatic nitrogens is 2. The number of nitrogens with zero attached hydrogens (tertiary/aromatic N) is 1. The number of hydrogen-bond donors (Lipinski definition) is 3. The zero-order chi connectivity index (χ0) is 18.0. The molecule has 2 aromatic rings. The van der Waals surface area contributed by atoms with Crippen molar-refractivity contribution < 1.29 is 24.5 Å². The van der Waals surface area contributed by atoms with Crippen LogP contribution in [0, 0.1) is 0 Å². The minimum absolute atomic E-state index is 0.305. The summed E-state index contributed by atoms with van der Waals surface area (Å²) in [5.74, 6) is -0.601. The average Bonchev–Trinajstić information content (AvgIpc) is 2.89. The molecule has 4 atom stereocenters. The van der Waals surface area contributed by atoms with Gasteiger partial charge in [-0.05, 0) is 12.1 Å². The molecule has 9 heteroatoms. The van der Waals surface area contributed by atoms with Gasteiger partial charge in [-0.15, -0.1) is 0 Å². The van der Waals surface area contributed by atoms with E-state index >= 15 is 0 Å². The summed E-state index contributed by atoms with van der Waals surface area (Å²) in [6, 6.07) is 9.35. The lowest BCUT2D eigenvalue weighted by Crippen LogP contribution is -2.37. The summed E-state index contributed by atoms with van der Waals surface area (Å²) in [5.41, 5.74) is -1.04. The summed E-state index contributed by atoms with van der Waals surface area (Å²) in [7, 11) is 0. The minimum Gasteiger partial charge on any atom is -0.459 e. The second-order valence-electron chi connectivity index (χ2n) is 5.53. The van der Waals surface area contributed by atoms with Crippen LogP contribution in [0.3, 0.4) is 0 Å². The zero-order valence-electron chi connectivity index (χ0n) is 12.9. The Hall–Kier alpha value is -2.75. The van der Waals surface area contributed by atoms with Crippen LogP contribution >= 0.6 is 0 Å². The van der Waals surface area contributed by atoms with Gasteiger partial charge in [0.15, 0.2) is 6.23 Å². The van der Waals surface area contributed by atoms with E-state index in [2.05, 4.69) is 0 Å². The monoisotopic (exact) mass is 348 g/mol. The summed E-state index contributed by atoms with van der Waals surface area (Å²) in [6.07, 6.45) is -3.87. The molecule has 1 fully saturated rings. The minimum atomic E-state index is -1.43. The molecule has 1 aliphatic heterocycles. The van der Waals surface area contributed by atoms with Crippen molar-refractivity contribution in [3.05, 3.63) is 69.0 Å². The van der Waals surface area contributed by atoms with Gasteiger partial charge in [0, 0.05) is 12.3 Å². The molecule has 1 aromatic heterocycles. The number of carbonyl (C=O) groups excluding carboxylic acids is 1. The van der Waals surface area contributed by atoms with E-state index in [-0.39, 0.29) is 6.61 Å². The van der Waals surface area contributed by atoms with Gasteiger partial charge in [-0.25, -0.2) is 9.59 Å². The van der Waals surface area contributed by atoms with E-state index in [9.17, 15) is 24.6 Å². The fraction of sp³-hybridized carbons (Fsp3) is 0.312. The van der Waals surface area contributed by atoms with Crippen LogP contribution in [0.1, 0.15) is 16.6 Å². The molecule has 3 rings (SSSR count). The van der Waals surface area contributed by atoms with Crippen LogP contribution in [0.5, 0.6) is 0 Å². The van der Waals surface area contributed by atoms with E-state index in [0.29, 0.717) is 5.56 Å². The lowest BCUT2D eigenvalue weighted by Gasteiger charge is -2.16. The number of hydrogen-bond acceptors (Lipinski definition) is 7. The van der Waals surface area contributed by atoms with Crippen molar-refractivity contribution in [1.82, 2.24) is 9.55 Å². The van der Waals surface area contributed by atoms with Crippen molar-refractivity contribution in [3.8, 4) is 0 Å². The zero-order valence-corrected chi connectivity index (χ0v) is 12.9. The number of aliphatic hydroxyl groups excluding tert-OH is 2.